The Morgan fingerprint density at radius 1 is 1.13 bits per heavy atom. The molecule has 1 saturated heterocycles. The molecule has 7 heteroatoms. The minimum Gasteiger partial charge on any atom is -0.348 e. The number of hydrogen-bond donors (Lipinski definition) is 1. The van der Waals surface area contributed by atoms with Crippen LogP contribution in [-0.2, 0) is 6.54 Å². The van der Waals surface area contributed by atoms with Crippen molar-refractivity contribution < 1.29 is 9.59 Å². The van der Waals surface area contributed by atoms with E-state index in [9.17, 15) is 9.59 Å². The van der Waals surface area contributed by atoms with Crippen LogP contribution in [0.1, 0.15) is 56.7 Å². The van der Waals surface area contributed by atoms with Crippen LogP contribution in [-0.4, -0.2) is 38.2 Å². The average molecular weight is 401 g/mol. The Morgan fingerprint density at radius 2 is 1.97 bits per heavy atom. The molecule has 0 bridgehead atoms. The van der Waals surface area contributed by atoms with Crippen molar-refractivity contribution in [3.05, 3.63) is 89.3 Å². The van der Waals surface area contributed by atoms with Crippen LogP contribution in [0.3, 0.4) is 0 Å². The number of hydrogen-bond acceptors (Lipinski definition) is 5. The summed E-state index contributed by atoms with van der Waals surface area (Å²) in [5.74, 6) is 0.288. The molecule has 4 rings (SSSR count). The van der Waals surface area contributed by atoms with Gasteiger partial charge in [-0.05, 0) is 37.5 Å². The zero-order chi connectivity index (χ0) is 20.9. The number of amides is 2. The van der Waals surface area contributed by atoms with Gasteiger partial charge in [0.25, 0.3) is 11.8 Å². The Hall–Kier alpha value is -3.61. The van der Waals surface area contributed by atoms with Crippen LogP contribution in [0.15, 0.2) is 61.1 Å². The van der Waals surface area contributed by atoms with Crippen molar-refractivity contribution in [3.63, 3.8) is 0 Å². The third kappa shape index (κ3) is 4.20. The lowest BCUT2D eigenvalue weighted by molar-refractivity contribution is 0.0728. The van der Waals surface area contributed by atoms with Crippen molar-refractivity contribution >= 4 is 11.8 Å². The van der Waals surface area contributed by atoms with Crippen LogP contribution in [0.4, 0.5) is 0 Å². The fraction of sp³-hybridized carbons (Fsp3) is 0.261. The van der Waals surface area contributed by atoms with Gasteiger partial charge in [-0.1, -0.05) is 30.3 Å². The predicted molar refractivity (Wildman–Crippen MR) is 112 cm³/mol. The first kappa shape index (κ1) is 19.7. The summed E-state index contributed by atoms with van der Waals surface area (Å²) in [5.41, 5.74) is 2.62. The molecule has 1 aliphatic rings. The third-order valence-corrected chi connectivity index (χ3v) is 5.26. The highest BCUT2D eigenvalue weighted by molar-refractivity contribution is 5.95. The lowest BCUT2D eigenvalue weighted by Crippen LogP contribution is -2.32. The molecule has 7 nitrogen and oxygen atoms in total. The maximum absolute atomic E-state index is 12.9. The van der Waals surface area contributed by atoms with Crippen LogP contribution in [0.5, 0.6) is 0 Å². The van der Waals surface area contributed by atoms with Gasteiger partial charge in [0.05, 0.1) is 22.9 Å². The van der Waals surface area contributed by atoms with Gasteiger partial charge >= 0.3 is 0 Å². The average Bonchev–Trinajstić information content (AvgIpc) is 3.28. The van der Waals surface area contributed by atoms with Gasteiger partial charge in [-0.25, -0.2) is 9.97 Å². The van der Waals surface area contributed by atoms with Crippen LogP contribution in [0.25, 0.3) is 0 Å². The number of pyridine rings is 1. The van der Waals surface area contributed by atoms with E-state index in [2.05, 4.69) is 20.3 Å². The number of rotatable bonds is 5. The van der Waals surface area contributed by atoms with Gasteiger partial charge in [-0.2, -0.15) is 0 Å². The molecule has 0 radical (unpaired) electrons. The molecule has 152 valence electrons. The molecule has 0 unspecified atom stereocenters. The molecule has 2 aromatic heterocycles. The number of benzene rings is 1. The largest absolute Gasteiger partial charge is 0.348 e. The normalized spacial score (nSPS) is 15.8. The summed E-state index contributed by atoms with van der Waals surface area (Å²) >= 11 is 0. The first-order chi connectivity index (χ1) is 14.6. The van der Waals surface area contributed by atoms with Crippen molar-refractivity contribution in [2.75, 3.05) is 6.54 Å². The topological polar surface area (TPSA) is 88.1 Å². The van der Waals surface area contributed by atoms with E-state index in [1.54, 1.807) is 42.5 Å². The highest BCUT2D eigenvalue weighted by Crippen LogP contribution is 2.31. The minimum atomic E-state index is -0.211. The van der Waals surface area contributed by atoms with E-state index in [-0.39, 0.29) is 17.9 Å². The van der Waals surface area contributed by atoms with Crippen molar-refractivity contribution in [1.29, 1.82) is 0 Å². The van der Waals surface area contributed by atoms with Crippen molar-refractivity contribution in [3.8, 4) is 0 Å². The molecule has 0 spiro atoms. The second-order valence-corrected chi connectivity index (χ2v) is 7.29. The Morgan fingerprint density at radius 3 is 2.70 bits per heavy atom. The summed E-state index contributed by atoms with van der Waals surface area (Å²) in [7, 11) is 0. The SMILES string of the molecule is Cc1nc([C@H]2CCCN2C(=O)c2cccnc2)ncc1C(=O)NCc1ccccc1. The molecule has 0 saturated carbocycles. The highest BCUT2D eigenvalue weighted by Gasteiger charge is 2.33. The molecule has 1 N–H and O–H groups in total. The van der Waals surface area contributed by atoms with E-state index in [1.807, 2.05) is 30.3 Å². The standard InChI is InChI=1S/C23H23N5O2/c1-16-19(22(29)26-13-17-7-3-2-4-8-17)15-25-21(27-16)20-10-6-12-28(20)23(30)18-9-5-11-24-14-18/h2-5,7-9,11,14-15,20H,6,10,12-13H2,1H3,(H,26,29)/t20-/m1/s1. The maximum atomic E-state index is 12.9. The zero-order valence-electron chi connectivity index (χ0n) is 16.8. The Kier molecular flexibility index (Phi) is 5.79. The van der Waals surface area contributed by atoms with Crippen molar-refractivity contribution in [2.24, 2.45) is 0 Å². The number of carbonyl (C=O) groups is 2. The van der Waals surface area contributed by atoms with Gasteiger partial charge in [-0.3, -0.25) is 14.6 Å². The second kappa shape index (κ2) is 8.82. The molecule has 3 aromatic rings. The molecular formula is C23H23N5O2. The Balaban J connectivity index is 1.48. The molecule has 1 aliphatic heterocycles. The van der Waals surface area contributed by atoms with E-state index >= 15 is 0 Å². The summed E-state index contributed by atoms with van der Waals surface area (Å²) in [6, 6.07) is 13.0. The quantitative estimate of drug-likeness (QED) is 0.710. The fourth-order valence-corrected chi connectivity index (χ4v) is 3.68. The van der Waals surface area contributed by atoms with Crippen molar-refractivity contribution in [2.45, 2.75) is 32.4 Å². The van der Waals surface area contributed by atoms with Gasteiger partial charge in [0, 0.05) is 31.7 Å². The van der Waals surface area contributed by atoms with E-state index in [0.717, 1.165) is 18.4 Å². The lowest BCUT2D eigenvalue weighted by atomic mass is 10.1. The first-order valence-corrected chi connectivity index (χ1v) is 10.00. The van der Waals surface area contributed by atoms with Crippen LogP contribution in [0.2, 0.25) is 0 Å². The monoisotopic (exact) mass is 401 g/mol. The lowest BCUT2D eigenvalue weighted by Gasteiger charge is -2.24. The van der Waals surface area contributed by atoms with Gasteiger partial charge in [0.2, 0.25) is 0 Å². The van der Waals surface area contributed by atoms with E-state index in [0.29, 0.717) is 35.7 Å². The van der Waals surface area contributed by atoms with Gasteiger partial charge in [0.15, 0.2) is 5.82 Å². The van der Waals surface area contributed by atoms with Crippen LogP contribution in [0, 0.1) is 6.92 Å². The van der Waals surface area contributed by atoms with E-state index in [4.69, 9.17) is 0 Å². The summed E-state index contributed by atoms with van der Waals surface area (Å²) < 4.78 is 0. The highest BCUT2D eigenvalue weighted by atomic mass is 16.2. The number of aryl methyl sites for hydroxylation is 1. The molecule has 1 atom stereocenters. The maximum Gasteiger partial charge on any atom is 0.256 e. The first-order valence-electron chi connectivity index (χ1n) is 10.00. The smallest absolute Gasteiger partial charge is 0.256 e. The number of nitrogens with one attached hydrogen (secondary N) is 1. The molecule has 30 heavy (non-hydrogen) atoms. The molecule has 1 aromatic carbocycles. The van der Waals surface area contributed by atoms with Crippen LogP contribution < -0.4 is 5.32 Å². The zero-order valence-corrected chi connectivity index (χ0v) is 16.8. The Bertz CT molecular complexity index is 1040. The van der Waals surface area contributed by atoms with Crippen molar-refractivity contribution in [1.82, 2.24) is 25.2 Å². The van der Waals surface area contributed by atoms with Crippen LogP contribution >= 0.6 is 0 Å². The number of likely N-dealkylation sites (tertiary alicyclic amines) is 1. The van der Waals surface area contributed by atoms with E-state index < -0.39 is 0 Å². The second-order valence-electron chi connectivity index (χ2n) is 7.29. The van der Waals surface area contributed by atoms with Gasteiger partial charge in [-0.15, -0.1) is 0 Å². The summed E-state index contributed by atoms with van der Waals surface area (Å²) in [5, 5.41) is 2.90. The van der Waals surface area contributed by atoms with Gasteiger partial charge < -0.3 is 10.2 Å². The Labute approximate surface area is 175 Å². The number of nitrogens with zero attached hydrogens (tertiary/aromatic N) is 4. The summed E-state index contributed by atoms with van der Waals surface area (Å²) in [4.78, 5) is 40.3. The summed E-state index contributed by atoms with van der Waals surface area (Å²) in [6.45, 7) is 2.89. The van der Waals surface area contributed by atoms with E-state index in [1.165, 1.54) is 0 Å². The molecule has 2 amide bonds. The minimum absolute atomic E-state index is 0.0727. The molecule has 0 aliphatic carbocycles. The molecular weight excluding hydrogens is 378 g/mol. The fourth-order valence-electron chi connectivity index (χ4n) is 3.68. The summed E-state index contributed by atoms with van der Waals surface area (Å²) in [6.07, 6.45) is 6.46. The number of aromatic nitrogens is 3. The molecule has 3 heterocycles. The molecule has 1 fully saturated rings. The predicted octanol–water partition coefficient (Wildman–Crippen LogP) is 3.09. The number of carbonyl (C=O) groups excluding carboxylic acids is 2. The van der Waals surface area contributed by atoms with Gasteiger partial charge in [0.1, 0.15) is 0 Å². The third-order valence-electron chi connectivity index (χ3n) is 5.26.